The minimum absolute atomic E-state index is 0.395. The highest BCUT2D eigenvalue weighted by Gasteiger charge is 2.72. The van der Waals surface area contributed by atoms with Crippen LogP contribution in [0.2, 0.25) is 0 Å². The molecule has 1 aromatic rings. The van der Waals surface area contributed by atoms with Crippen LogP contribution in [0, 0.1) is 11.8 Å². The summed E-state index contributed by atoms with van der Waals surface area (Å²) in [5, 5.41) is 2.11. The summed E-state index contributed by atoms with van der Waals surface area (Å²) in [6.45, 7) is 0.680. The van der Waals surface area contributed by atoms with Gasteiger partial charge in [0.1, 0.15) is 12.2 Å². The molecule has 2 aliphatic carbocycles. The lowest BCUT2D eigenvalue weighted by molar-refractivity contribution is -0.142. The number of hydrogen-bond acceptors (Lipinski definition) is 2. The van der Waals surface area contributed by atoms with E-state index in [-0.39, 0.29) is 0 Å². The number of carbonyl (C=O) groups is 1. The molecule has 9 heteroatoms. The van der Waals surface area contributed by atoms with E-state index in [1.807, 2.05) is 0 Å². The predicted molar refractivity (Wildman–Crippen MR) is 57.4 cm³/mol. The summed E-state index contributed by atoms with van der Waals surface area (Å²) >= 11 is 5.08. The van der Waals surface area contributed by atoms with Crippen LogP contribution in [0.15, 0.2) is 0 Å². The maximum absolute atomic E-state index is 14.2. The number of fused-ring (bicyclic) bond motifs is 3. The molecule has 3 atom stereocenters. The predicted octanol–water partition coefficient (Wildman–Crippen LogP) is 3.12. The van der Waals surface area contributed by atoms with Crippen LogP contribution in [-0.4, -0.2) is 15.0 Å². The zero-order chi connectivity index (χ0) is 15.0. The fourth-order valence-corrected chi connectivity index (χ4v) is 3.32. The molecule has 1 saturated carbocycles. The molecule has 0 bridgehead atoms. The van der Waals surface area contributed by atoms with Gasteiger partial charge in [0.15, 0.2) is 5.69 Å². The molecule has 0 spiro atoms. The quantitative estimate of drug-likeness (QED) is 0.621. The van der Waals surface area contributed by atoms with Crippen molar-refractivity contribution in [3.63, 3.8) is 0 Å². The zero-order valence-electron chi connectivity index (χ0n) is 10.0. The highest BCUT2D eigenvalue weighted by molar-refractivity contribution is 6.63. The largest absolute Gasteiger partial charge is 0.435 e. The maximum atomic E-state index is 14.2. The summed E-state index contributed by atoms with van der Waals surface area (Å²) < 4.78 is 67.5. The van der Waals surface area contributed by atoms with Crippen LogP contribution in [0.4, 0.5) is 22.0 Å². The van der Waals surface area contributed by atoms with Crippen LogP contribution >= 0.6 is 11.6 Å². The van der Waals surface area contributed by atoms with Crippen molar-refractivity contribution >= 4 is 16.8 Å². The number of alkyl halides is 5. The molecule has 1 heterocycles. The fraction of sp³-hybridized carbons (Fsp3) is 0.636. The molecular weight excluding hydrogens is 307 g/mol. The highest BCUT2D eigenvalue weighted by atomic mass is 35.5. The van der Waals surface area contributed by atoms with E-state index < -0.39 is 58.6 Å². The Morgan fingerprint density at radius 2 is 2.05 bits per heavy atom. The van der Waals surface area contributed by atoms with Gasteiger partial charge < -0.3 is 0 Å². The molecule has 3 nitrogen and oxygen atoms in total. The molecule has 110 valence electrons. The van der Waals surface area contributed by atoms with E-state index in [9.17, 15) is 26.7 Å². The van der Waals surface area contributed by atoms with Crippen LogP contribution < -0.4 is 0 Å². The first-order valence-electron chi connectivity index (χ1n) is 5.81. The van der Waals surface area contributed by atoms with Crippen LogP contribution in [0.5, 0.6) is 0 Å². The SMILES string of the molecule is CC1C2c3c(C(F)(F)F)nn(CC(=O)Cl)c3C(F)(F)C12. The zero-order valence-corrected chi connectivity index (χ0v) is 10.8. The van der Waals surface area contributed by atoms with Crippen LogP contribution in [0.25, 0.3) is 0 Å². The third-order valence-corrected chi connectivity index (χ3v) is 4.10. The highest BCUT2D eigenvalue weighted by Crippen LogP contribution is 2.71. The lowest BCUT2D eigenvalue weighted by atomic mass is 10.1. The lowest BCUT2D eigenvalue weighted by Gasteiger charge is -2.15. The first-order chi connectivity index (χ1) is 9.06. The van der Waals surface area contributed by atoms with Gasteiger partial charge >= 0.3 is 6.18 Å². The smallest absolute Gasteiger partial charge is 0.279 e. The summed E-state index contributed by atoms with van der Waals surface area (Å²) in [4.78, 5) is 10.8. The molecule has 3 rings (SSSR count). The molecule has 0 aliphatic heterocycles. The van der Waals surface area contributed by atoms with Crippen molar-refractivity contribution in [1.82, 2.24) is 9.78 Å². The van der Waals surface area contributed by atoms with Crippen LogP contribution in [-0.2, 0) is 23.4 Å². The average molecular weight is 315 g/mol. The van der Waals surface area contributed by atoms with Crippen molar-refractivity contribution in [3.8, 4) is 0 Å². The first-order valence-corrected chi connectivity index (χ1v) is 6.19. The summed E-state index contributed by atoms with van der Waals surface area (Å²) in [6.07, 6.45) is -4.84. The number of nitrogens with zero attached hydrogens (tertiary/aromatic N) is 2. The van der Waals surface area contributed by atoms with Crippen molar-refractivity contribution in [1.29, 1.82) is 0 Å². The molecule has 20 heavy (non-hydrogen) atoms. The van der Waals surface area contributed by atoms with E-state index in [0.29, 0.717) is 4.68 Å². The van der Waals surface area contributed by atoms with Crippen molar-refractivity contribution in [3.05, 3.63) is 17.0 Å². The Morgan fingerprint density at radius 1 is 1.45 bits per heavy atom. The van der Waals surface area contributed by atoms with Gasteiger partial charge in [-0.25, -0.2) is 0 Å². The topological polar surface area (TPSA) is 34.9 Å². The Morgan fingerprint density at radius 3 is 2.55 bits per heavy atom. The van der Waals surface area contributed by atoms with Gasteiger partial charge in [0.05, 0.1) is 0 Å². The van der Waals surface area contributed by atoms with Crippen molar-refractivity contribution in [2.45, 2.75) is 31.5 Å². The Labute approximate surface area is 114 Å². The molecule has 1 fully saturated rings. The average Bonchev–Trinajstić information content (AvgIpc) is 2.66. The van der Waals surface area contributed by atoms with Gasteiger partial charge in [-0.15, -0.1) is 0 Å². The molecule has 0 saturated heterocycles. The Kier molecular flexibility index (Phi) is 2.56. The standard InChI is InChI=1S/C11H8ClF5N2O/c1-3-5-6-8(11(15,16)17)18-19(2-4(12)20)9(6)10(13,14)7(3)5/h3,5,7H,2H2,1H3. The van der Waals surface area contributed by atoms with Crippen LogP contribution in [0.3, 0.4) is 0 Å². The van der Waals surface area contributed by atoms with Gasteiger partial charge in [-0.3, -0.25) is 9.48 Å². The Hall–Kier alpha value is -1.18. The number of rotatable bonds is 2. The minimum atomic E-state index is -4.84. The normalized spacial score (nSPS) is 30.1. The molecule has 0 amide bonds. The summed E-state index contributed by atoms with van der Waals surface area (Å²) in [5.41, 5.74) is -2.62. The summed E-state index contributed by atoms with van der Waals surface area (Å²) in [5.74, 6) is -5.94. The third-order valence-electron chi connectivity index (χ3n) is 3.98. The van der Waals surface area contributed by atoms with Gasteiger partial charge in [0.2, 0.25) is 5.24 Å². The monoisotopic (exact) mass is 314 g/mol. The molecule has 2 aliphatic rings. The number of halogens is 6. The second kappa shape index (κ2) is 3.72. The van der Waals surface area contributed by atoms with Gasteiger partial charge in [-0.05, 0) is 17.5 Å². The number of aromatic nitrogens is 2. The van der Waals surface area contributed by atoms with E-state index in [2.05, 4.69) is 5.10 Å². The Balaban J connectivity index is 2.21. The van der Waals surface area contributed by atoms with Crippen molar-refractivity contribution in [2.24, 2.45) is 11.8 Å². The molecule has 0 N–H and O–H groups in total. The van der Waals surface area contributed by atoms with Gasteiger partial charge in [0, 0.05) is 17.4 Å². The van der Waals surface area contributed by atoms with E-state index in [4.69, 9.17) is 11.6 Å². The van der Waals surface area contributed by atoms with Crippen molar-refractivity contribution < 1.29 is 26.7 Å². The van der Waals surface area contributed by atoms with Crippen LogP contribution in [0.1, 0.15) is 29.8 Å². The molecule has 3 unspecified atom stereocenters. The van der Waals surface area contributed by atoms with Gasteiger partial charge in [0.25, 0.3) is 5.92 Å². The van der Waals surface area contributed by atoms with Crippen molar-refractivity contribution in [2.75, 3.05) is 0 Å². The molecule has 0 radical (unpaired) electrons. The summed E-state index contributed by atoms with van der Waals surface area (Å²) in [6, 6.07) is 0. The maximum Gasteiger partial charge on any atom is 0.435 e. The van der Waals surface area contributed by atoms with E-state index in [1.54, 1.807) is 0 Å². The van der Waals surface area contributed by atoms with Gasteiger partial charge in [-0.2, -0.15) is 27.1 Å². The van der Waals surface area contributed by atoms with E-state index in [1.165, 1.54) is 6.92 Å². The fourth-order valence-electron chi connectivity index (χ4n) is 3.20. The third kappa shape index (κ3) is 1.63. The van der Waals surface area contributed by atoms with Gasteiger partial charge in [-0.1, -0.05) is 6.92 Å². The Bertz CT molecular complexity index is 609. The minimum Gasteiger partial charge on any atom is -0.279 e. The lowest BCUT2D eigenvalue weighted by Crippen LogP contribution is -2.22. The second-order valence-corrected chi connectivity index (χ2v) is 5.58. The first kappa shape index (κ1) is 13.8. The number of hydrogen-bond donors (Lipinski definition) is 0. The molecular formula is C11H8ClF5N2O. The molecule has 1 aromatic heterocycles. The van der Waals surface area contributed by atoms with E-state index in [0.717, 1.165) is 0 Å². The summed E-state index contributed by atoms with van der Waals surface area (Å²) in [7, 11) is 0. The number of carbonyl (C=O) groups excluding carboxylic acids is 1. The second-order valence-electron chi connectivity index (χ2n) is 5.16. The van der Waals surface area contributed by atoms with E-state index >= 15 is 0 Å². The molecule has 0 aromatic carbocycles.